The van der Waals surface area contributed by atoms with Gasteiger partial charge in [-0.15, -0.1) is 0 Å². The summed E-state index contributed by atoms with van der Waals surface area (Å²) in [6, 6.07) is 7.29. The van der Waals surface area contributed by atoms with Crippen molar-refractivity contribution in [1.82, 2.24) is 0 Å². The lowest BCUT2D eigenvalue weighted by Gasteiger charge is -2.11. The van der Waals surface area contributed by atoms with Gasteiger partial charge in [-0.3, -0.25) is 0 Å². The molecule has 0 spiro atoms. The SMILES string of the molecule is CCCCCCOc1ccc(-c2ccc(CCC)c(F)c2F)cc1F. The van der Waals surface area contributed by atoms with Gasteiger partial charge in [0.25, 0.3) is 0 Å². The van der Waals surface area contributed by atoms with Crippen LogP contribution in [0.4, 0.5) is 13.2 Å². The van der Waals surface area contributed by atoms with E-state index in [0.29, 0.717) is 24.2 Å². The molecule has 0 saturated carbocycles. The third-order valence-corrected chi connectivity index (χ3v) is 4.18. The molecule has 0 N–H and O–H groups in total. The number of halogens is 3. The van der Waals surface area contributed by atoms with Crippen LogP contribution in [0.25, 0.3) is 11.1 Å². The van der Waals surface area contributed by atoms with Crippen molar-refractivity contribution in [2.75, 3.05) is 6.61 Å². The number of benzene rings is 2. The Balaban J connectivity index is 2.13. The highest BCUT2D eigenvalue weighted by Crippen LogP contribution is 2.30. The van der Waals surface area contributed by atoms with Crippen molar-refractivity contribution in [2.24, 2.45) is 0 Å². The minimum absolute atomic E-state index is 0.0609. The first-order valence-electron chi connectivity index (χ1n) is 8.98. The Morgan fingerprint density at radius 1 is 0.840 bits per heavy atom. The number of ether oxygens (including phenoxy) is 1. The molecule has 25 heavy (non-hydrogen) atoms. The number of aryl methyl sites for hydroxylation is 1. The Bertz CT molecular complexity index is 698. The molecular formula is C21H25F3O. The largest absolute Gasteiger partial charge is 0.491 e. The second-order valence-corrected chi connectivity index (χ2v) is 6.20. The minimum atomic E-state index is -0.932. The number of unbranched alkanes of at least 4 members (excludes halogenated alkanes) is 3. The molecule has 136 valence electrons. The van der Waals surface area contributed by atoms with Crippen molar-refractivity contribution in [3.8, 4) is 16.9 Å². The molecule has 0 aromatic heterocycles. The van der Waals surface area contributed by atoms with Crippen LogP contribution in [0.2, 0.25) is 0 Å². The normalized spacial score (nSPS) is 10.9. The van der Waals surface area contributed by atoms with E-state index >= 15 is 0 Å². The molecule has 0 radical (unpaired) electrons. The topological polar surface area (TPSA) is 9.23 Å². The summed E-state index contributed by atoms with van der Waals surface area (Å²) in [5, 5.41) is 0. The summed E-state index contributed by atoms with van der Waals surface area (Å²) in [6.45, 7) is 4.47. The third kappa shape index (κ3) is 5.00. The highest BCUT2D eigenvalue weighted by atomic mass is 19.2. The zero-order valence-corrected chi connectivity index (χ0v) is 14.9. The van der Waals surface area contributed by atoms with Crippen molar-refractivity contribution >= 4 is 0 Å². The molecule has 0 atom stereocenters. The van der Waals surface area contributed by atoms with E-state index in [-0.39, 0.29) is 11.3 Å². The molecule has 0 saturated heterocycles. The molecule has 0 aliphatic carbocycles. The van der Waals surface area contributed by atoms with Crippen molar-refractivity contribution in [1.29, 1.82) is 0 Å². The van der Waals surface area contributed by atoms with Crippen LogP contribution in [0.15, 0.2) is 30.3 Å². The van der Waals surface area contributed by atoms with Crippen LogP contribution in [-0.4, -0.2) is 6.61 Å². The molecule has 4 heteroatoms. The second kappa shape index (κ2) is 9.50. The molecule has 0 unspecified atom stereocenters. The van der Waals surface area contributed by atoms with Crippen LogP contribution >= 0.6 is 0 Å². The summed E-state index contributed by atoms with van der Waals surface area (Å²) >= 11 is 0. The molecule has 0 aliphatic rings. The van der Waals surface area contributed by atoms with E-state index in [4.69, 9.17) is 4.74 Å². The summed E-state index contributed by atoms with van der Waals surface area (Å²) in [6.07, 6.45) is 5.38. The van der Waals surface area contributed by atoms with Crippen LogP contribution in [-0.2, 0) is 6.42 Å². The molecule has 0 amide bonds. The van der Waals surface area contributed by atoms with Gasteiger partial charge in [0.2, 0.25) is 0 Å². The maximum Gasteiger partial charge on any atom is 0.166 e. The zero-order valence-electron chi connectivity index (χ0n) is 14.9. The van der Waals surface area contributed by atoms with Crippen LogP contribution in [0.3, 0.4) is 0 Å². The highest BCUT2D eigenvalue weighted by molar-refractivity contribution is 5.65. The summed E-state index contributed by atoms with van der Waals surface area (Å²) in [5.74, 6) is -2.20. The highest BCUT2D eigenvalue weighted by Gasteiger charge is 2.15. The first kappa shape index (κ1) is 19.4. The fraction of sp³-hybridized carbons (Fsp3) is 0.429. The van der Waals surface area contributed by atoms with E-state index in [9.17, 15) is 13.2 Å². The summed E-state index contributed by atoms with van der Waals surface area (Å²) in [7, 11) is 0. The Hall–Kier alpha value is -1.97. The lowest BCUT2D eigenvalue weighted by Crippen LogP contribution is -2.00. The predicted molar refractivity (Wildman–Crippen MR) is 95.4 cm³/mol. The Kier molecular flexibility index (Phi) is 7.35. The third-order valence-electron chi connectivity index (χ3n) is 4.18. The average molecular weight is 350 g/mol. The van der Waals surface area contributed by atoms with Gasteiger partial charge in [0.05, 0.1) is 6.61 Å². The summed E-state index contributed by atoms with van der Waals surface area (Å²) in [5.41, 5.74) is 0.706. The van der Waals surface area contributed by atoms with E-state index in [0.717, 1.165) is 32.1 Å². The van der Waals surface area contributed by atoms with Crippen molar-refractivity contribution < 1.29 is 17.9 Å². The maximum atomic E-state index is 14.3. The van der Waals surface area contributed by atoms with Gasteiger partial charge in [0.15, 0.2) is 23.2 Å². The Morgan fingerprint density at radius 3 is 2.32 bits per heavy atom. The van der Waals surface area contributed by atoms with Gasteiger partial charge in [-0.25, -0.2) is 13.2 Å². The molecule has 1 nitrogen and oxygen atoms in total. The molecule has 0 bridgehead atoms. The first-order chi connectivity index (χ1) is 12.1. The molecule has 0 aliphatic heterocycles. The fourth-order valence-corrected chi connectivity index (χ4v) is 2.77. The minimum Gasteiger partial charge on any atom is -0.491 e. The Labute approximate surface area is 147 Å². The Morgan fingerprint density at radius 2 is 1.64 bits per heavy atom. The van der Waals surface area contributed by atoms with Gasteiger partial charge in [-0.1, -0.05) is 57.7 Å². The van der Waals surface area contributed by atoms with E-state index in [1.807, 2.05) is 6.92 Å². The standard InChI is InChI=1S/C21H25F3O/c1-3-5-6-7-13-25-19-12-10-16(14-18(19)22)17-11-9-15(8-4-2)20(23)21(17)24/h9-12,14H,3-8,13H2,1-2H3. The van der Waals surface area contributed by atoms with E-state index in [1.165, 1.54) is 18.2 Å². The fourth-order valence-electron chi connectivity index (χ4n) is 2.77. The molecule has 0 fully saturated rings. The maximum absolute atomic E-state index is 14.3. The van der Waals surface area contributed by atoms with Gasteiger partial charge in [-0.05, 0) is 36.1 Å². The number of hydrogen-bond donors (Lipinski definition) is 0. The van der Waals surface area contributed by atoms with Crippen LogP contribution in [0.1, 0.15) is 51.5 Å². The van der Waals surface area contributed by atoms with E-state index < -0.39 is 17.5 Å². The quantitative estimate of drug-likeness (QED) is 0.458. The van der Waals surface area contributed by atoms with Gasteiger partial charge < -0.3 is 4.74 Å². The van der Waals surface area contributed by atoms with Gasteiger partial charge >= 0.3 is 0 Å². The van der Waals surface area contributed by atoms with E-state index in [2.05, 4.69) is 6.92 Å². The lowest BCUT2D eigenvalue weighted by molar-refractivity contribution is 0.290. The molecular weight excluding hydrogens is 325 g/mol. The predicted octanol–water partition coefficient (Wildman–Crippen LogP) is 6.68. The number of hydrogen-bond acceptors (Lipinski definition) is 1. The van der Waals surface area contributed by atoms with Gasteiger partial charge in [0, 0.05) is 5.56 Å². The van der Waals surface area contributed by atoms with Crippen molar-refractivity contribution in [3.05, 3.63) is 53.3 Å². The van der Waals surface area contributed by atoms with Crippen molar-refractivity contribution in [2.45, 2.75) is 52.4 Å². The molecule has 2 aromatic carbocycles. The van der Waals surface area contributed by atoms with Crippen LogP contribution in [0.5, 0.6) is 5.75 Å². The summed E-state index contributed by atoms with van der Waals surface area (Å²) in [4.78, 5) is 0. The van der Waals surface area contributed by atoms with E-state index in [1.54, 1.807) is 12.1 Å². The van der Waals surface area contributed by atoms with Gasteiger partial charge in [-0.2, -0.15) is 0 Å². The van der Waals surface area contributed by atoms with Crippen molar-refractivity contribution in [3.63, 3.8) is 0 Å². The lowest BCUT2D eigenvalue weighted by atomic mass is 10.0. The molecule has 2 rings (SSSR count). The molecule has 0 heterocycles. The summed E-state index contributed by atoms with van der Waals surface area (Å²) < 4.78 is 48.0. The van der Waals surface area contributed by atoms with Crippen LogP contribution in [0, 0.1) is 17.5 Å². The monoisotopic (exact) mass is 350 g/mol. The number of rotatable bonds is 9. The second-order valence-electron chi connectivity index (χ2n) is 6.20. The smallest absolute Gasteiger partial charge is 0.166 e. The average Bonchev–Trinajstić information content (AvgIpc) is 2.60. The van der Waals surface area contributed by atoms with Crippen LogP contribution < -0.4 is 4.74 Å². The zero-order chi connectivity index (χ0) is 18.2. The molecule has 2 aromatic rings. The van der Waals surface area contributed by atoms with Gasteiger partial charge in [0.1, 0.15) is 0 Å². The first-order valence-corrected chi connectivity index (χ1v) is 8.98.